The van der Waals surface area contributed by atoms with Crippen molar-refractivity contribution in [3.05, 3.63) is 0 Å². The molecular formula is C10H19NO. The van der Waals surface area contributed by atoms with Crippen LogP contribution in [0.1, 0.15) is 39.5 Å². The van der Waals surface area contributed by atoms with Gasteiger partial charge in [-0.2, -0.15) is 0 Å². The van der Waals surface area contributed by atoms with Crippen LogP contribution in [0.5, 0.6) is 0 Å². The second kappa shape index (κ2) is 3.00. The minimum Gasteiger partial charge on any atom is -0.359 e. The lowest BCUT2D eigenvalue weighted by atomic mass is 10.1. The third-order valence-electron chi connectivity index (χ3n) is 3.23. The molecule has 0 unspecified atom stereocenters. The summed E-state index contributed by atoms with van der Waals surface area (Å²) in [5.74, 6) is 0. The molecule has 0 amide bonds. The van der Waals surface area contributed by atoms with Crippen LogP contribution in [0.15, 0.2) is 0 Å². The molecule has 2 rings (SSSR count). The van der Waals surface area contributed by atoms with Gasteiger partial charge >= 0.3 is 0 Å². The fraction of sp³-hybridized carbons (Fsp3) is 1.00. The van der Waals surface area contributed by atoms with Crippen molar-refractivity contribution in [3.8, 4) is 0 Å². The Bertz CT molecular complexity index is 156. The fourth-order valence-corrected chi connectivity index (χ4v) is 2.71. The predicted molar refractivity (Wildman–Crippen MR) is 49.0 cm³/mol. The molecule has 1 saturated heterocycles. The van der Waals surface area contributed by atoms with Crippen LogP contribution in [0.3, 0.4) is 0 Å². The van der Waals surface area contributed by atoms with Crippen LogP contribution < -0.4 is 0 Å². The summed E-state index contributed by atoms with van der Waals surface area (Å²) in [7, 11) is 0. The van der Waals surface area contributed by atoms with Crippen molar-refractivity contribution in [1.29, 1.82) is 0 Å². The quantitative estimate of drug-likeness (QED) is 0.595. The molecule has 0 bridgehead atoms. The molecule has 0 atom stereocenters. The number of hydrogen-bond acceptors (Lipinski definition) is 2. The summed E-state index contributed by atoms with van der Waals surface area (Å²) in [6, 6.07) is 0.644. The van der Waals surface area contributed by atoms with E-state index in [0.29, 0.717) is 6.04 Å². The van der Waals surface area contributed by atoms with Crippen LogP contribution in [0.4, 0.5) is 0 Å². The van der Waals surface area contributed by atoms with E-state index in [9.17, 15) is 0 Å². The molecule has 0 aromatic heterocycles. The largest absolute Gasteiger partial charge is 0.359 e. The molecule has 1 aliphatic heterocycles. The molecule has 0 radical (unpaired) electrons. The van der Waals surface area contributed by atoms with Gasteiger partial charge in [0.05, 0.1) is 6.61 Å². The molecule has 12 heavy (non-hydrogen) atoms. The van der Waals surface area contributed by atoms with Crippen LogP contribution in [-0.2, 0) is 4.74 Å². The molecule has 1 heterocycles. The molecule has 1 saturated carbocycles. The van der Waals surface area contributed by atoms with Gasteiger partial charge in [-0.25, -0.2) is 0 Å². The highest BCUT2D eigenvalue weighted by Crippen LogP contribution is 2.40. The average Bonchev–Trinajstić information content (AvgIpc) is 2.61. The second-order valence-electron chi connectivity index (χ2n) is 4.29. The first-order valence-electron chi connectivity index (χ1n) is 5.15. The summed E-state index contributed by atoms with van der Waals surface area (Å²) in [6.07, 6.45) is 5.21. The van der Waals surface area contributed by atoms with Crippen molar-refractivity contribution in [2.75, 3.05) is 13.2 Å². The molecule has 2 nitrogen and oxygen atoms in total. The highest BCUT2D eigenvalue weighted by molar-refractivity contribution is 4.92. The Hall–Kier alpha value is -0.0800. The van der Waals surface area contributed by atoms with Crippen molar-refractivity contribution < 1.29 is 4.74 Å². The van der Waals surface area contributed by atoms with E-state index in [0.717, 1.165) is 13.2 Å². The van der Waals surface area contributed by atoms with E-state index in [1.165, 1.54) is 25.7 Å². The smallest absolute Gasteiger partial charge is 0.122 e. The minimum absolute atomic E-state index is 0.161. The Morgan fingerprint density at radius 3 is 2.50 bits per heavy atom. The first-order valence-corrected chi connectivity index (χ1v) is 5.15. The van der Waals surface area contributed by atoms with Crippen LogP contribution in [-0.4, -0.2) is 29.8 Å². The number of nitrogens with zero attached hydrogens (tertiary/aromatic N) is 1. The van der Waals surface area contributed by atoms with Crippen LogP contribution >= 0.6 is 0 Å². The Balaban J connectivity index is 2.12. The van der Waals surface area contributed by atoms with Gasteiger partial charge in [0.2, 0.25) is 0 Å². The van der Waals surface area contributed by atoms with Gasteiger partial charge in [0, 0.05) is 12.6 Å². The van der Waals surface area contributed by atoms with Gasteiger partial charge in [0.1, 0.15) is 5.72 Å². The SMILES string of the molecule is CC(C)N1CCOC12CCCC2. The van der Waals surface area contributed by atoms with Crippen LogP contribution in [0.25, 0.3) is 0 Å². The Labute approximate surface area is 74.9 Å². The monoisotopic (exact) mass is 169 g/mol. The zero-order valence-electron chi connectivity index (χ0n) is 8.18. The summed E-state index contributed by atoms with van der Waals surface area (Å²) < 4.78 is 5.90. The third-order valence-corrected chi connectivity index (χ3v) is 3.23. The summed E-state index contributed by atoms with van der Waals surface area (Å²) in [6.45, 7) is 6.62. The number of hydrogen-bond donors (Lipinski definition) is 0. The van der Waals surface area contributed by atoms with E-state index >= 15 is 0 Å². The maximum Gasteiger partial charge on any atom is 0.122 e. The van der Waals surface area contributed by atoms with Gasteiger partial charge in [0.25, 0.3) is 0 Å². The predicted octanol–water partition coefficient (Wildman–Crippen LogP) is 2.00. The lowest BCUT2D eigenvalue weighted by molar-refractivity contribution is -0.0873. The first kappa shape index (κ1) is 8.52. The van der Waals surface area contributed by atoms with Crippen LogP contribution in [0.2, 0.25) is 0 Å². The molecule has 1 spiro atoms. The topological polar surface area (TPSA) is 12.5 Å². The minimum atomic E-state index is 0.161. The zero-order valence-corrected chi connectivity index (χ0v) is 8.18. The van der Waals surface area contributed by atoms with Crippen molar-refractivity contribution in [1.82, 2.24) is 4.90 Å². The lowest BCUT2D eigenvalue weighted by Crippen LogP contribution is -2.46. The van der Waals surface area contributed by atoms with Crippen molar-refractivity contribution in [3.63, 3.8) is 0 Å². The van der Waals surface area contributed by atoms with Crippen molar-refractivity contribution in [2.45, 2.75) is 51.3 Å². The Kier molecular flexibility index (Phi) is 2.13. The van der Waals surface area contributed by atoms with E-state index in [2.05, 4.69) is 18.7 Å². The summed E-state index contributed by atoms with van der Waals surface area (Å²) >= 11 is 0. The highest BCUT2D eigenvalue weighted by Gasteiger charge is 2.45. The van der Waals surface area contributed by atoms with Gasteiger partial charge in [0.15, 0.2) is 0 Å². The maximum absolute atomic E-state index is 5.90. The van der Waals surface area contributed by atoms with Gasteiger partial charge in [-0.3, -0.25) is 4.90 Å². The van der Waals surface area contributed by atoms with E-state index in [4.69, 9.17) is 4.74 Å². The van der Waals surface area contributed by atoms with Gasteiger partial charge in [-0.1, -0.05) is 0 Å². The maximum atomic E-state index is 5.90. The van der Waals surface area contributed by atoms with Gasteiger partial charge in [-0.05, 0) is 39.5 Å². The van der Waals surface area contributed by atoms with Crippen LogP contribution in [0, 0.1) is 0 Å². The van der Waals surface area contributed by atoms with E-state index < -0.39 is 0 Å². The lowest BCUT2D eigenvalue weighted by Gasteiger charge is -2.36. The highest BCUT2D eigenvalue weighted by atomic mass is 16.5. The summed E-state index contributed by atoms with van der Waals surface area (Å²) in [5.41, 5.74) is 0.161. The Morgan fingerprint density at radius 2 is 1.92 bits per heavy atom. The van der Waals surface area contributed by atoms with E-state index in [1.54, 1.807) is 0 Å². The molecule has 1 aliphatic carbocycles. The molecule has 2 aliphatic rings. The van der Waals surface area contributed by atoms with Crippen molar-refractivity contribution in [2.24, 2.45) is 0 Å². The molecular weight excluding hydrogens is 150 g/mol. The number of ether oxygens (including phenoxy) is 1. The van der Waals surface area contributed by atoms with E-state index in [-0.39, 0.29) is 5.72 Å². The fourth-order valence-electron chi connectivity index (χ4n) is 2.71. The molecule has 2 heteroatoms. The molecule has 0 aromatic carbocycles. The summed E-state index contributed by atoms with van der Waals surface area (Å²) in [4.78, 5) is 2.54. The average molecular weight is 169 g/mol. The van der Waals surface area contributed by atoms with Gasteiger partial charge in [-0.15, -0.1) is 0 Å². The molecule has 70 valence electrons. The second-order valence-corrected chi connectivity index (χ2v) is 4.29. The summed E-state index contributed by atoms with van der Waals surface area (Å²) in [5, 5.41) is 0. The zero-order chi connectivity index (χ0) is 8.60. The third kappa shape index (κ3) is 1.17. The normalized spacial score (nSPS) is 29.2. The van der Waals surface area contributed by atoms with Crippen molar-refractivity contribution >= 4 is 0 Å². The standard InChI is InChI=1S/C10H19NO/c1-9(2)11-7-8-12-10(11)5-3-4-6-10/h9H,3-8H2,1-2H3. The molecule has 2 fully saturated rings. The van der Waals surface area contributed by atoms with Gasteiger partial charge < -0.3 is 4.74 Å². The number of rotatable bonds is 1. The first-order chi connectivity index (χ1) is 5.75. The Morgan fingerprint density at radius 1 is 1.25 bits per heavy atom. The molecule has 0 aromatic rings. The molecule has 0 N–H and O–H groups in total. The van der Waals surface area contributed by atoms with E-state index in [1.807, 2.05) is 0 Å².